The second-order valence-corrected chi connectivity index (χ2v) is 10.8. The molecule has 0 atom stereocenters. The molecule has 5 nitrogen and oxygen atoms in total. The molecule has 4 rings (SSSR count). The first-order valence-corrected chi connectivity index (χ1v) is 13.9. The first kappa shape index (κ1) is 27.0. The molecule has 2 aromatic carbocycles. The summed E-state index contributed by atoms with van der Waals surface area (Å²) in [5, 5.41) is 2.03. The van der Waals surface area contributed by atoms with Crippen LogP contribution >= 0.6 is 11.3 Å². The monoisotopic (exact) mass is 521 g/mol. The molecule has 1 aliphatic rings. The lowest BCUT2D eigenvalue weighted by atomic mass is 10.1. The maximum Gasteiger partial charge on any atom is 0.242 e. The average molecular weight is 522 g/mol. The van der Waals surface area contributed by atoms with Gasteiger partial charge in [-0.15, -0.1) is 11.3 Å². The summed E-state index contributed by atoms with van der Waals surface area (Å²) in [7, 11) is 0. The summed E-state index contributed by atoms with van der Waals surface area (Å²) in [6.45, 7) is 6.36. The topological polar surface area (TPSA) is 43.9 Å². The van der Waals surface area contributed by atoms with E-state index in [4.69, 9.17) is 0 Å². The highest BCUT2D eigenvalue weighted by Gasteiger charge is 2.24. The van der Waals surface area contributed by atoms with Gasteiger partial charge in [0.2, 0.25) is 11.8 Å². The molecule has 0 radical (unpaired) electrons. The van der Waals surface area contributed by atoms with E-state index < -0.39 is 0 Å². The predicted octanol–water partition coefficient (Wildman–Crippen LogP) is 5.28. The van der Waals surface area contributed by atoms with Crippen molar-refractivity contribution in [3.05, 3.63) is 93.4 Å². The first-order chi connectivity index (χ1) is 18.0. The molecule has 196 valence electrons. The molecule has 2 amide bonds. The number of halogens is 1. The third kappa shape index (κ3) is 8.23. The third-order valence-electron chi connectivity index (χ3n) is 6.98. The van der Waals surface area contributed by atoms with Crippen molar-refractivity contribution in [1.82, 2.24) is 14.7 Å². The van der Waals surface area contributed by atoms with Crippen LogP contribution in [0.2, 0.25) is 0 Å². The fraction of sp³-hybridized carbons (Fsp3) is 0.400. The summed E-state index contributed by atoms with van der Waals surface area (Å²) in [6.07, 6.45) is 3.40. The zero-order valence-electron chi connectivity index (χ0n) is 21.6. The maximum atomic E-state index is 13.7. The van der Waals surface area contributed by atoms with Crippen molar-refractivity contribution in [3.63, 3.8) is 0 Å². The predicted molar refractivity (Wildman–Crippen MR) is 147 cm³/mol. The van der Waals surface area contributed by atoms with E-state index in [-0.39, 0.29) is 24.2 Å². The van der Waals surface area contributed by atoms with Crippen molar-refractivity contribution in [3.8, 4) is 0 Å². The van der Waals surface area contributed by atoms with Gasteiger partial charge in [-0.3, -0.25) is 9.59 Å². The number of carbonyl (C=O) groups excluding carboxylic acids is 2. The molecule has 0 bridgehead atoms. The van der Waals surface area contributed by atoms with E-state index in [1.54, 1.807) is 33.3 Å². The van der Waals surface area contributed by atoms with Gasteiger partial charge in [0.05, 0.1) is 13.1 Å². The lowest BCUT2D eigenvalue weighted by Crippen LogP contribution is -2.45. The van der Waals surface area contributed by atoms with Crippen LogP contribution in [-0.4, -0.2) is 59.2 Å². The molecule has 7 heteroatoms. The molecule has 0 aliphatic carbocycles. The van der Waals surface area contributed by atoms with E-state index in [1.807, 2.05) is 42.6 Å². The SMILES string of the molecule is Cc1ccsc1CN(Cc1ccc(F)cc1)C(=O)CN(CCN1CCCC1)C(=O)CCc1ccccc1. The van der Waals surface area contributed by atoms with Crippen LogP contribution in [-0.2, 0) is 29.1 Å². The van der Waals surface area contributed by atoms with Gasteiger partial charge in [-0.1, -0.05) is 42.5 Å². The Hall–Kier alpha value is -3.03. The van der Waals surface area contributed by atoms with Crippen LogP contribution in [0.4, 0.5) is 4.39 Å². The van der Waals surface area contributed by atoms with Gasteiger partial charge in [0.15, 0.2) is 0 Å². The molecule has 3 aromatic rings. The molecule has 0 unspecified atom stereocenters. The Morgan fingerprint density at radius 2 is 1.62 bits per heavy atom. The quantitative estimate of drug-likeness (QED) is 0.326. The number of amides is 2. The van der Waals surface area contributed by atoms with Crippen molar-refractivity contribution >= 4 is 23.2 Å². The van der Waals surface area contributed by atoms with Gasteiger partial charge < -0.3 is 14.7 Å². The van der Waals surface area contributed by atoms with Crippen molar-refractivity contribution in [2.45, 2.75) is 45.7 Å². The fourth-order valence-corrected chi connectivity index (χ4v) is 5.58. The fourth-order valence-electron chi connectivity index (χ4n) is 4.66. The molecule has 2 heterocycles. The minimum absolute atomic E-state index is 0.00503. The number of benzene rings is 2. The van der Waals surface area contributed by atoms with E-state index in [0.717, 1.165) is 41.2 Å². The van der Waals surface area contributed by atoms with Crippen molar-refractivity contribution in [2.75, 3.05) is 32.7 Å². The highest BCUT2D eigenvalue weighted by atomic mass is 32.1. The Kier molecular flexibility index (Phi) is 9.85. The molecule has 1 aliphatic heterocycles. The van der Waals surface area contributed by atoms with E-state index in [0.29, 0.717) is 32.5 Å². The number of aryl methyl sites for hydroxylation is 2. The number of carbonyl (C=O) groups is 2. The summed E-state index contributed by atoms with van der Waals surface area (Å²) >= 11 is 1.63. The van der Waals surface area contributed by atoms with E-state index in [9.17, 15) is 14.0 Å². The van der Waals surface area contributed by atoms with Crippen LogP contribution < -0.4 is 0 Å². The summed E-state index contributed by atoms with van der Waals surface area (Å²) < 4.78 is 13.5. The Morgan fingerprint density at radius 1 is 0.892 bits per heavy atom. The van der Waals surface area contributed by atoms with Crippen LogP contribution in [0.1, 0.15) is 40.8 Å². The van der Waals surface area contributed by atoms with Gasteiger partial charge in [-0.2, -0.15) is 0 Å². The minimum atomic E-state index is -0.298. The molecule has 0 saturated carbocycles. The molecular formula is C30H36FN3O2S. The normalized spacial score (nSPS) is 13.6. The number of hydrogen-bond donors (Lipinski definition) is 0. The van der Waals surface area contributed by atoms with Crippen LogP contribution in [0.5, 0.6) is 0 Å². The first-order valence-electron chi connectivity index (χ1n) is 13.1. The largest absolute Gasteiger partial charge is 0.332 e. The zero-order chi connectivity index (χ0) is 26.0. The van der Waals surface area contributed by atoms with E-state index in [2.05, 4.69) is 11.0 Å². The van der Waals surface area contributed by atoms with E-state index in [1.165, 1.54) is 25.0 Å². The highest BCUT2D eigenvalue weighted by molar-refractivity contribution is 7.10. The lowest BCUT2D eigenvalue weighted by molar-refractivity contribution is -0.141. The summed E-state index contributed by atoms with van der Waals surface area (Å²) in [5.74, 6) is -0.384. The number of hydrogen-bond acceptors (Lipinski definition) is 4. The third-order valence-corrected chi connectivity index (χ3v) is 7.98. The average Bonchev–Trinajstić information content (AvgIpc) is 3.58. The van der Waals surface area contributed by atoms with Gasteiger partial charge >= 0.3 is 0 Å². The lowest BCUT2D eigenvalue weighted by Gasteiger charge is -2.29. The van der Waals surface area contributed by atoms with Gasteiger partial charge in [0.1, 0.15) is 5.82 Å². The molecule has 1 aromatic heterocycles. The Labute approximate surface area is 223 Å². The van der Waals surface area contributed by atoms with Crippen LogP contribution in [0.25, 0.3) is 0 Å². The second-order valence-electron chi connectivity index (χ2n) is 9.75. The summed E-state index contributed by atoms with van der Waals surface area (Å²) in [5.41, 5.74) is 3.13. The summed E-state index contributed by atoms with van der Waals surface area (Å²) in [4.78, 5) is 34.0. The number of thiophene rings is 1. The van der Waals surface area contributed by atoms with Gasteiger partial charge in [-0.25, -0.2) is 4.39 Å². The molecule has 0 N–H and O–H groups in total. The van der Waals surface area contributed by atoms with Crippen LogP contribution in [0, 0.1) is 12.7 Å². The second kappa shape index (κ2) is 13.5. The molecule has 37 heavy (non-hydrogen) atoms. The molecular weight excluding hydrogens is 485 g/mol. The van der Waals surface area contributed by atoms with Crippen LogP contribution in [0.3, 0.4) is 0 Å². The van der Waals surface area contributed by atoms with Crippen molar-refractivity contribution in [1.29, 1.82) is 0 Å². The Morgan fingerprint density at radius 3 is 2.30 bits per heavy atom. The molecule has 1 fully saturated rings. The highest BCUT2D eigenvalue weighted by Crippen LogP contribution is 2.20. The van der Waals surface area contributed by atoms with Crippen molar-refractivity contribution < 1.29 is 14.0 Å². The number of nitrogens with zero attached hydrogens (tertiary/aromatic N) is 3. The Balaban J connectivity index is 1.47. The number of rotatable bonds is 12. The van der Waals surface area contributed by atoms with Gasteiger partial charge in [0, 0.05) is 30.9 Å². The van der Waals surface area contributed by atoms with Gasteiger partial charge in [0.25, 0.3) is 0 Å². The van der Waals surface area contributed by atoms with Gasteiger partial charge in [-0.05, 0) is 79.5 Å². The maximum absolute atomic E-state index is 13.7. The Bertz CT molecular complexity index is 1140. The minimum Gasteiger partial charge on any atom is -0.332 e. The van der Waals surface area contributed by atoms with E-state index >= 15 is 0 Å². The van der Waals surface area contributed by atoms with Crippen molar-refractivity contribution in [2.24, 2.45) is 0 Å². The molecule has 0 spiro atoms. The zero-order valence-corrected chi connectivity index (χ0v) is 22.4. The number of likely N-dealkylation sites (tertiary alicyclic amines) is 1. The standard InChI is InChI=1S/C30H36FN3O2S/c1-24-15-20-37-28(24)22-34(21-26-9-12-27(31)13-10-26)30(36)23-33(19-18-32-16-5-6-17-32)29(35)14-11-25-7-3-2-4-8-25/h2-4,7-10,12-13,15,20H,5-6,11,14,16-19,21-23H2,1H3. The van der Waals surface area contributed by atoms with Crippen LogP contribution in [0.15, 0.2) is 66.0 Å². The molecule has 1 saturated heterocycles. The smallest absolute Gasteiger partial charge is 0.242 e. The summed E-state index contributed by atoms with van der Waals surface area (Å²) in [6, 6.07) is 18.3.